The Hall–Kier alpha value is -2.24. The lowest BCUT2D eigenvalue weighted by Gasteiger charge is -2.36. The van der Waals surface area contributed by atoms with Gasteiger partial charge in [-0.15, -0.1) is 0 Å². The molecule has 2 heterocycles. The second-order valence-corrected chi connectivity index (χ2v) is 10.1. The molecule has 6 nitrogen and oxygen atoms in total. The van der Waals surface area contributed by atoms with E-state index in [2.05, 4.69) is 0 Å². The first-order chi connectivity index (χ1) is 14.0. The number of nitrogens with zero attached hydrogens (tertiary/aromatic N) is 2. The fraction of sp³-hybridized carbons (Fsp3) is 0.591. The number of piperidine rings is 1. The molecule has 0 aliphatic carbocycles. The molecule has 1 saturated heterocycles. The SMILES string of the molecule is BC(B)(CCCC1CCN(C(=O)OC(C)(C)C)CC1)N1C(=O)c2ccccc2C1=O. The van der Waals surface area contributed by atoms with Crippen LogP contribution in [0.1, 0.15) is 73.6 Å². The van der Waals surface area contributed by atoms with E-state index < -0.39 is 10.9 Å². The van der Waals surface area contributed by atoms with Crippen LogP contribution >= 0.6 is 0 Å². The molecule has 0 spiro atoms. The number of likely N-dealkylation sites (tertiary alicyclic amines) is 1. The predicted octanol–water partition coefficient (Wildman–Crippen LogP) is 2.02. The van der Waals surface area contributed by atoms with Crippen LogP contribution in [-0.2, 0) is 4.74 Å². The average Bonchev–Trinajstić information content (AvgIpc) is 2.92. The lowest BCUT2D eigenvalue weighted by atomic mass is 9.58. The number of carbonyl (C=O) groups is 3. The summed E-state index contributed by atoms with van der Waals surface area (Å²) in [7, 11) is 3.94. The lowest BCUT2D eigenvalue weighted by Crippen LogP contribution is -2.53. The van der Waals surface area contributed by atoms with Crippen LogP contribution < -0.4 is 0 Å². The molecule has 0 bridgehead atoms. The van der Waals surface area contributed by atoms with E-state index in [0.717, 1.165) is 45.2 Å². The topological polar surface area (TPSA) is 66.9 Å². The summed E-state index contributed by atoms with van der Waals surface area (Å²) in [6.07, 6.45) is 4.45. The van der Waals surface area contributed by atoms with Crippen LogP contribution in [0.5, 0.6) is 0 Å². The third kappa shape index (κ3) is 4.90. The van der Waals surface area contributed by atoms with Gasteiger partial charge in [0.25, 0.3) is 11.8 Å². The number of fused-ring (bicyclic) bond motifs is 1. The molecule has 0 unspecified atom stereocenters. The van der Waals surface area contributed by atoms with Crippen molar-refractivity contribution in [1.82, 2.24) is 9.80 Å². The van der Waals surface area contributed by atoms with Crippen molar-refractivity contribution in [3.63, 3.8) is 0 Å². The Morgan fingerprint density at radius 2 is 1.60 bits per heavy atom. The quantitative estimate of drug-likeness (QED) is 0.551. The molecule has 0 atom stereocenters. The van der Waals surface area contributed by atoms with Crippen LogP contribution in [0.2, 0.25) is 0 Å². The van der Waals surface area contributed by atoms with Crippen LogP contribution in [0, 0.1) is 5.92 Å². The van der Waals surface area contributed by atoms with Gasteiger partial charge in [-0.1, -0.05) is 25.0 Å². The van der Waals surface area contributed by atoms with Gasteiger partial charge in [0.15, 0.2) is 0 Å². The van der Waals surface area contributed by atoms with Gasteiger partial charge in [-0.3, -0.25) is 14.5 Å². The van der Waals surface area contributed by atoms with Crippen molar-refractivity contribution < 1.29 is 19.1 Å². The van der Waals surface area contributed by atoms with Gasteiger partial charge < -0.3 is 9.64 Å². The Labute approximate surface area is 181 Å². The average molecular weight is 410 g/mol. The van der Waals surface area contributed by atoms with E-state index in [0.29, 0.717) is 17.0 Å². The van der Waals surface area contributed by atoms with Crippen LogP contribution in [0.4, 0.5) is 4.79 Å². The fourth-order valence-corrected chi connectivity index (χ4v) is 4.40. The van der Waals surface area contributed by atoms with Crippen molar-refractivity contribution in [2.45, 2.75) is 63.8 Å². The third-order valence-electron chi connectivity index (χ3n) is 6.07. The summed E-state index contributed by atoms with van der Waals surface area (Å²) in [5, 5.41) is -0.523. The third-order valence-corrected chi connectivity index (χ3v) is 6.07. The predicted molar refractivity (Wildman–Crippen MR) is 121 cm³/mol. The Kier molecular flexibility index (Phi) is 6.34. The van der Waals surface area contributed by atoms with Gasteiger partial charge in [0.1, 0.15) is 21.3 Å². The van der Waals surface area contributed by atoms with Crippen molar-refractivity contribution in [2.75, 3.05) is 13.1 Å². The number of ether oxygens (including phenoxy) is 1. The monoisotopic (exact) mass is 410 g/mol. The highest BCUT2D eigenvalue weighted by Gasteiger charge is 2.43. The standard InChI is InChI=1S/C22H32B2N2O4/c1-21(2,3)30-20(29)25-13-10-15(11-14-25)7-6-12-22(23,24)26-18(27)16-8-4-5-9-17(16)19(26)28/h4-5,8-9,15H,6-7,10-14,23-24H2,1-3H3. The molecule has 1 aromatic carbocycles. The van der Waals surface area contributed by atoms with Crippen LogP contribution in [0.25, 0.3) is 0 Å². The van der Waals surface area contributed by atoms with E-state index in [1.165, 1.54) is 4.90 Å². The van der Waals surface area contributed by atoms with Gasteiger partial charge in [-0.2, -0.15) is 0 Å². The van der Waals surface area contributed by atoms with Crippen LogP contribution in [0.15, 0.2) is 24.3 Å². The highest BCUT2D eigenvalue weighted by molar-refractivity contribution is 6.44. The van der Waals surface area contributed by atoms with Gasteiger partial charge >= 0.3 is 6.09 Å². The van der Waals surface area contributed by atoms with E-state index in [9.17, 15) is 14.4 Å². The number of hydrogen-bond acceptors (Lipinski definition) is 4. The number of hydrogen-bond donors (Lipinski definition) is 0. The minimum atomic E-state index is -0.523. The number of imide groups is 1. The first kappa shape index (κ1) is 22.4. The van der Waals surface area contributed by atoms with Gasteiger partial charge in [-0.25, -0.2) is 4.79 Å². The minimum absolute atomic E-state index is 0.189. The molecule has 8 heteroatoms. The number of benzene rings is 1. The number of rotatable bonds is 5. The first-order valence-electron chi connectivity index (χ1n) is 11.0. The minimum Gasteiger partial charge on any atom is -0.444 e. The Balaban J connectivity index is 1.47. The Bertz CT molecular complexity index is 792. The van der Waals surface area contributed by atoms with Crippen LogP contribution in [-0.4, -0.2) is 67.4 Å². The molecular formula is C22H32B2N2O4. The summed E-state index contributed by atoms with van der Waals surface area (Å²) in [6.45, 7) is 7.10. The van der Waals surface area contributed by atoms with E-state index in [-0.39, 0.29) is 17.9 Å². The summed E-state index contributed by atoms with van der Waals surface area (Å²) in [6, 6.07) is 7.04. The molecular weight excluding hydrogens is 378 g/mol. The molecule has 1 aromatic rings. The molecule has 3 rings (SSSR count). The maximum atomic E-state index is 12.8. The molecule has 1 fully saturated rings. The molecule has 0 aromatic heterocycles. The molecule has 3 amide bonds. The summed E-state index contributed by atoms with van der Waals surface area (Å²) < 4.78 is 5.46. The molecule has 30 heavy (non-hydrogen) atoms. The zero-order valence-corrected chi connectivity index (χ0v) is 18.9. The van der Waals surface area contributed by atoms with Gasteiger partial charge in [0.2, 0.25) is 0 Å². The normalized spacial score (nSPS) is 18.0. The largest absolute Gasteiger partial charge is 0.444 e. The highest BCUT2D eigenvalue weighted by Crippen LogP contribution is 2.31. The Morgan fingerprint density at radius 1 is 1.07 bits per heavy atom. The molecule has 2 aliphatic rings. The van der Waals surface area contributed by atoms with E-state index in [1.54, 1.807) is 29.2 Å². The second-order valence-electron chi connectivity index (χ2n) is 10.1. The molecule has 0 N–H and O–H groups in total. The summed E-state index contributed by atoms with van der Waals surface area (Å²) in [4.78, 5) is 41.0. The van der Waals surface area contributed by atoms with E-state index >= 15 is 0 Å². The van der Waals surface area contributed by atoms with Crippen molar-refractivity contribution in [3.05, 3.63) is 35.4 Å². The van der Waals surface area contributed by atoms with Crippen molar-refractivity contribution >= 4 is 33.6 Å². The van der Waals surface area contributed by atoms with E-state index in [4.69, 9.17) is 4.74 Å². The van der Waals surface area contributed by atoms with Crippen molar-refractivity contribution in [2.24, 2.45) is 5.92 Å². The first-order valence-corrected chi connectivity index (χ1v) is 11.0. The van der Waals surface area contributed by atoms with Crippen LogP contribution in [0.3, 0.4) is 0 Å². The van der Waals surface area contributed by atoms with Gasteiger partial charge in [0, 0.05) is 13.1 Å². The highest BCUT2D eigenvalue weighted by atomic mass is 16.6. The zero-order valence-electron chi connectivity index (χ0n) is 18.9. The smallest absolute Gasteiger partial charge is 0.410 e. The van der Waals surface area contributed by atoms with Gasteiger partial charge in [-0.05, 0) is 63.4 Å². The number of amides is 3. The summed E-state index contributed by atoms with van der Waals surface area (Å²) in [5.74, 6) is 0.180. The van der Waals surface area contributed by atoms with Gasteiger partial charge in [0.05, 0.1) is 11.1 Å². The zero-order chi connectivity index (χ0) is 22.1. The molecule has 2 aliphatic heterocycles. The maximum absolute atomic E-state index is 12.8. The van der Waals surface area contributed by atoms with Crippen molar-refractivity contribution in [3.8, 4) is 0 Å². The lowest BCUT2D eigenvalue weighted by molar-refractivity contribution is 0.0180. The molecule has 160 valence electrons. The molecule has 0 saturated carbocycles. The number of carbonyl (C=O) groups excluding carboxylic acids is 3. The fourth-order valence-electron chi connectivity index (χ4n) is 4.40. The van der Waals surface area contributed by atoms with E-state index in [1.807, 2.05) is 36.5 Å². The molecule has 0 radical (unpaired) electrons. The summed E-state index contributed by atoms with van der Waals surface area (Å²) in [5.41, 5.74) is 0.541. The Morgan fingerprint density at radius 3 is 2.10 bits per heavy atom. The van der Waals surface area contributed by atoms with Crippen molar-refractivity contribution in [1.29, 1.82) is 0 Å². The maximum Gasteiger partial charge on any atom is 0.410 e. The summed E-state index contributed by atoms with van der Waals surface area (Å²) >= 11 is 0. The second kappa shape index (κ2) is 8.48.